The molecule has 0 heterocycles. The molecular weight excluding hydrogens is 289 g/mol. The van der Waals surface area contributed by atoms with Crippen LogP contribution in [0.1, 0.15) is 11.1 Å². The van der Waals surface area contributed by atoms with Crippen LogP contribution >= 0.6 is 11.6 Å². The third-order valence-corrected chi connectivity index (χ3v) is 2.94. The number of rotatable bonds is 3. The van der Waals surface area contributed by atoms with E-state index in [0.29, 0.717) is 6.07 Å². The maximum absolute atomic E-state index is 13.6. The highest BCUT2D eigenvalue weighted by Gasteiger charge is 2.11. The summed E-state index contributed by atoms with van der Waals surface area (Å²) in [5.41, 5.74) is 0.331. The van der Waals surface area contributed by atoms with Gasteiger partial charge in [-0.25, -0.2) is 13.2 Å². The number of hydrogen-bond acceptors (Lipinski definition) is 2. The SMILES string of the molecule is N#Cc1ccc(CNc2c(F)cc(F)cc2Cl)c(F)c1. The summed E-state index contributed by atoms with van der Waals surface area (Å²) in [5.74, 6) is -2.23. The van der Waals surface area contributed by atoms with Gasteiger partial charge in [-0.15, -0.1) is 0 Å². The summed E-state index contributed by atoms with van der Waals surface area (Å²) in [4.78, 5) is 0. The zero-order valence-electron chi connectivity index (χ0n) is 10.1. The minimum Gasteiger partial charge on any atom is -0.377 e. The Morgan fingerprint density at radius 2 is 1.85 bits per heavy atom. The van der Waals surface area contributed by atoms with Gasteiger partial charge >= 0.3 is 0 Å². The fourth-order valence-corrected chi connectivity index (χ4v) is 1.92. The second-order valence-electron chi connectivity index (χ2n) is 4.02. The van der Waals surface area contributed by atoms with Gasteiger partial charge in [0.25, 0.3) is 0 Å². The van der Waals surface area contributed by atoms with Gasteiger partial charge in [-0.1, -0.05) is 17.7 Å². The van der Waals surface area contributed by atoms with Gasteiger partial charge in [-0.2, -0.15) is 5.26 Å². The molecule has 1 N–H and O–H groups in total. The topological polar surface area (TPSA) is 35.8 Å². The summed E-state index contributed by atoms with van der Waals surface area (Å²) in [6.07, 6.45) is 0. The predicted octanol–water partition coefficient (Wildman–Crippen LogP) is 4.24. The highest BCUT2D eigenvalue weighted by Crippen LogP contribution is 2.27. The van der Waals surface area contributed by atoms with Crippen LogP contribution in [0.15, 0.2) is 30.3 Å². The van der Waals surface area contributed by atoms with Gasteiger partial charge in [0.05, 0.1) is 22.3 Å². The Bertz CT molecular complexity index is 672. The van der Waals surface area contributed by atoms with Crippen molar-refractivity contribution in [1.82, 2.24) is 0 Å². The summed E-state index contributed by atoms with van der Waals surface area (Å²) in [6, 6.07) is 7.40. The lowest BCUT2D eigenvalue weighted by Crippen LogP contribution is -2.04. The Morgan fingerprint density at radius 3 is 2.45 bits per heavy atom. The molecule has 0 aliphatic carbocycles. The summed E-state index contributed by atoms with van der Waals surface area (Å²) in [6.45, 7) is -0.0419. The van der Waals surface area contributed by atoms with Gasteiger partial charge in [0, 0.05) is 18.2 Å². The van der Waals surface area contributed by atoms with Crippen LogP contribution in [0.5, 0.6) is 0 Å². The van der Waals surface area contributed by atoms with E-state index in [0.717, 1.165) is 12.1 Å². The first-order valence-electron chi connectivity index (χ1n) is 5.58. The van der Waals surface area contributed by atoms with E-state index in [1.165, 1.54) is 12.1 Å². The number of nitrogens with zero attached hydrogens (tertiary/aromatic N) is 1. The van der Waals surface area contributed by atoms with Gasteiger partial charge in [0.15, 0.2) is 5.82 Å². The second kappa shape index (κ2) is 5.85. The Morgan fingerprint density at radius 1 is 1.10 bits per heavy atom. The van der Waals surface area contributed by atoms with Gasteiger partial charge in [0.2, 0.25) is 0 Å². The van der Waals surface area contributed by atoms with Crippen molar-refractivity contribution in [3.63, 3.8) is 0 Å². The third-order valence-electron chi connectivity index (χ3n) is 2.64. The third kappa shape index (κ3) is 3.03. The molecule has 0 aliphatic rings. The van der Waals surface area contributed by atoms with E-state index in [4.69, 9.17) is 16.9 Å². The molecule has 0 radical (unpaired) electrons. The monoisotopic (exact) mass is 296 g/mol. The highest BCUT2D eigenvalue weighted by molar-refractivity contribution is 6.33. The molecule has 0 saturated carbocycles. The minimum atomic E-state index is -0.857. The lowest BCUT2D eigenvalue weighted by atomic mass is 10.1. The molecule has 2 aromatic carbocycles. The number of halogens is 4. The smallest absolute Gasteiger partial charge is 0.150 e. The molecule has 2 nitrogen and oxygen atoms in total. The molecule has 0 fully saturated rings. The van der Waals surface area contributed by atoms with Gasteiger partial charge in [-0.3, -0.25) is 0 Å². The molecule has 102 valence electrons. The zero-order valence-corrected chi connectivity index (χ0v) is 10.8. The standard InChI is InChI=1S/C14H8ClF3N2/c15-11-4-10(16)5-13(18)14(11)20-7-9-2-1-8(6-19)3-12(9)17/h1-5,20H,7H2. The van der Waals surface area contributed by atoms with Crippen molar-refractivity contribution < 1.29 is 13.2 Å². The molecule has 0 spiro atoms. The molecule has 6 heteroatoms. The lowest BCUT2D eigenvalue weighted by molar-refractivity contribution is 0.584. The van der Waals surface area contributed by atoms with Gasteiger partial charge in [0.1, 0.15) is 11.6 Å². The van der Waals surface area contributed by atoms with Crippen molar-refractivity contribution in [3.05, 3.63) is 63.9 Å². The molecular formula is C14H8ClF3N2. The van der Waals surface area contributed by atoms with E-state index in [2.05, 4.69) is 5.32 Å². The summed E-state index contributed by atoms with van der Waals surface area (Å²) in [5, 5.41) is 11.1. The average Bonchev–Trinajstić information content (AvgIpc) is 2.39. The fraction of sp³-hybridized carbons (Fsp3) is 0.0714. The number of anilines is 1. The zero-order chi connectivity index (χ0) is 14.7. The van der Waals surface area contributed by atoms with E-state index < -0.39 is 17.5 Å². The molecule has 0 atom stereocenters. The van der Waals surface area contributed by atoms with Crippen molar-refractivity contribution in [2.45, 2.75) is 6.54 Å². The van der Waals surface area contributed by atoms with E-state index in [-0.39, 0.29) is 28.4 Å². The molecule has 0 unspecified atom stereocenters. The normalized spacial score (nSPS) is 10.2. The van der Waals surface area contributed by atoms with Crippen LogP contribution in [0.4, 0.5) is 18.9 Å². The summed E-state index contributed by atoms with van der Waals surface area (Å²) < 4.78 is 40.0. The number of benzene rings is 2. The van der Waals surface area contributed by atoms with Crippen molar-refractivity contribution >= 4 is 17.3 Å². The molecule has 2 aromatic rings. The number of hydrogen-bond donors (Lipinski definition) is 1. The highest BCUT2D eigenvalue weighted by atomic mass is 35.5. The predicted molar refractivity (Wildman–Crippen MR) is 69.8 cm³/mol. The maximum atomic E-state index is 13.6. The Kier molecular flexibility index (Phi) is 4.16. The molecule has 2 rings (SSSR count). The molecule has 0 aliphatic heterocycles. The van der Waals surface area contributed by atoms with Crippen molar-refractivity contribution in [3.8, 4) is 6.07 Å². The number of nitrogens with one attached hydrogen (secondary N) is 1. The first kappa shape index (κ1) is 14.2. The first-order valence-corrected chi connectivity index (χ1v) is 5.96. The van der Waals surface area contributed by atoms with E-state index >= 15 is 0 Å². The average molecular weight is 297 g/mol. The van der Waals surface area contributed by atoms with Crippen LogP contribution in [-0.2, 0) is 6.54 Å². The van der Waals surface area contributed by atoms with Crippen LogP contribution in [0.3, 0.4) is 0 Å². The molecule has 20 heavy (non-hydrogen) atoms. The van der Waals surface area contributed by atoms with Gasteiger partial charge < -0.3 is 5.32 Å². The maximum Gasteiger partial charge on any atom is 0.150 e. The van der Waals surface area contributed by atoms with E-state index in [1.807, 2.05) is 6.07 Å². The number of nitriles is 1. The van der Waals surface area contributed by atoms with Crippen molar-refractivity contribution in [2.75, 3.05) is 5.32 Å². The lowest BCUT2D eigenvalue weighted by Gasteiger charge is -2.10. The van der Waals surface area contributed by atoms with Crippen LogP contribution in [0.25, 0.3) is 0 Å². The quantitative estimate of drug-likeness (QED) is 0.919. The van der Waals surface area contributed by atoms with E-state index in [9.17, 15) is 13.2 Å². The van der Waals surface area contributed by atoms with E-state index in [1.54, 1.807) is 0 Å². The molecule has 0 saturated heterocycles. The fourth-order valence-electron chi connectivity index (χ4n) is 1.65. The Hall–Kier alpha value is -2.19. The molecule has 0 aromatic heterocycles. The molecule has 0 bridgehead atoms. The van der Waals surface area contributed by atoms with Crippen LogP contribution in [-0.4, -0.2) is 0 Å². The Balaban J connectivity index is 2.20. The van der Waals surface area contributed by atoms with Crippen LogP contribution < -0.4 is 5.32 Å². The van der Waals surface area contributed by atoms with Crippen LogP contribution in [0, 0.1) is 28.8 Å². The largest absolute Gasteiger partial charge is 0.377 e. The second-order valence-corrected chi connectivity index (χ2v) is 4.42. The van der Waals surface area contributed by atoms with Crippen molar-refractivity contribution in [2.24, 2.45) is 0 Å². The first-order chi connectivity index (χ1) is 9.51. The summed E-state index contributed by atoms with van der Waals surface area (Å²) >= 11 is 5.71. The summed E-state index contributed by atoms with van der Waals surface area (Å²) in [7, 11) is 0. The minimum absolute atomic E-state index is 0.0419. The van der Waals surface area contributed by atoms with Gasteiger partial charge in [-0.05, 0) is 18.2 Å². The van der Waals surface area contributed by atoms with Crippen LogP contribution in [0.2, 0.25) is 5.02 Å². The molecule has 0 amide bonds. The van der Waals surface area contributed by atoms with Crippen molar-refractivity contribution in [1.29, 1.82) is 5.26 Å². The Labute approximate surface area is 118 Å².